The molecule has 0 saturated heterocycles. The Morgan fingerprint density at radius 1 is 0.976 bits per heavy atom. The first-order valence-electron chi connectivity index (χ1n) is 11.5. The lowest BCUT2D eigenvalue weighted by atomic mass is 10.1. The van der Waals surface area contributed by atoms with E-state index in [-0.39, 0.29) is 6.54 Å². The largest absolute Gasteiger partial charge is 0.507 e. The second-order valence-electron chi connectivity index (χ2n) is 8.54. The van der Waals surface area contributed by atoms with Crippen molar-refractivity contribution in [1.29, 1.82) is 0 Å². The average Bonchev–Trinajstić information content (AvgIpc) is 3.40. The van der Waals surface area contributed by atoms with Crippen LogP contribution in [0.25, 0.3) is 11.3 Å². The lowest BCUT2D eigenvalue weighted by Crippen LogP contribution is -2.37. The van der Waals surface area contributed by atoms with Crippen molar-refractivity contribution in [3.05, 3.63) is 80.9 Å². The van der Waals surface area contributed by atoms with Gasteiger partial charge in [0.2, 0.25) is 0 Å². The number of nitrogens with zero attached hydrogens (tertiary/aromatic N) is 2. The number of carbonyl (C=O) groups excluding carboxylic acids is 1. The third-order valence-corrected chi connectivity index (χ3v) is 6.65. The van der Waals surface area contributed by atoms with E-state index in [1.54, 1.807) is 12.1 Å². The Kier molecular flexibility index (Phi) is 9.55. The molecule has 1 aromatic carbocycles. The highest BCUT2D eigenvalue weighted by molar-refractivity contribution is 7.98. The van der Waals surface area contributed by atoms with Gasteiger partial charge in [0, 0.05) is 34.5 Å². The summed E-state index contributed by atoms with van der Waals surface area (Å²) in [4.78, 5) is 49.5. The van der Waals surface area contributed by atoms with Gasteiger partial charge in [-0.05, 0) is 23.8 Å². The highest BCUT2D eigenvalue weighted by Crippen LogP contribution is 2.36. The number of fused-ring (bicyclic) bond motifs is 1. The molecule has 0 aliphatic carbocycles. The number of aliphatic carboxylic acids is 2. The summed E-state index contributed by atoms with van der Waals surface area (Å²) in [5.41, 5.74) is 0.448. The van der Waals surface area contributed by atoms with Gasteiger partial charge in [0.15, 0.2) is 0 Å². The van der Waals surface area contributed by atoms with E-state index >= 15 is 0 Å². The molecular formula is C25H19F6N3O7S. The molecule has 224 valence electrons. The van der Waals surface area contributed by atoms with E-state index in [1.807, 2.05) is 0 Å². The minimum absolute atomic E-state index is 0.0293. The second-order valence-corrected chi connectivity index (χ2v) is 9.52. The topological polar surface area (TPSA) is 159 Å². The fraction of sp³-hybridized carbons (Fsp3) is 0.240. The summed E-state index contributed by atoms with van der Waals surface area (Å²) in [5, 5.41) is 28.5. The van der Waals surface area contributed by atoms with E-state index < -0.39 is 59.2 Å². The number of alkyl halides is 6. The Hall–Kier alpha value is -4.54. The van der Waals surface area contributed by atoms with Crippen LogP contribution in [-0.2, 0) is 33.8 Å². The zero-order chi connectivity index (χ0) is 31.4. The Morgan fingerprint density at radius 2 is 1.60 bits per heavy atom. The Balaban J connectivity index is 0.000000616. The molecule has 42 heavy (non-hydrogen) atoms. The summed E-state index contributed by atoms with van der Waals surface area (Å²) in [6.45, 7) is -0.680. The van der Waals surface area contributed by atoms with Crippen molar-refractivity contribution in [3.63, 3.8) is 0 Å². The number of carboxylic acids is 2. The Morgan fingerprint density at radius 3 is 2.10 bits per heavy atom. The molecule has 0 spiro atoms. The Labute approximate surface area is 235 Å². The van der Waals surface area contributed by atoms with Crippen LogP contribution in [0.3, 0.4) is 0 Å². The fourth-order valence-corrected chi connectivity index (χ4v) is 4.83. The molecule has 3 aromatic rings. The van der Waals surface area contributed by atoms with Crippen LogP contribution in [0.5, 0.6) is 5.75 Å². The SMILES string of the molecule is O=C(O)C(F)(F)F.O=C(O)CNC(=O)c1c(O)c2c(n(Cc3ccc(-c4ccc(C(F)(F)F)cc4)nc3)c1=O)CSC2. The number of nitrogens with one attached hydrogen (secondary N) is 1. The van der Waals surface area contributed by atoms with Gasteiger partial charge in [-0.3, -0.25) is 19.4 Å². The molecule has 3 heterocycles. The Bertz CT molecular complexity index is 1550. The smallest absolute Gasteiger partial charge is 0.490 e. The highest BCUT2D eigenvalue weighted by atomic mass is 32.2. The molecule has 10 nitrogen and oxygen atoms in total. The summed E-state index contributed by atoms with van der Waals surface area (Å²) >= 11 is 1.45. The van der Waals surface area contributed by atoms with E-state index in [4.69, 9.17) is 15.0 Å². The summed E-state index contributed by atoms with van der Waals surface area (Å²) < 4.78 is 71.4. The van der Waals surface area contributed by atoms with Crippen LogP contribution in [0.15, 0.2) is 47.4 Å². The standard InChI is InChI=1S/C23H18F3N3O5S.C2HF3O2/c24-23(25,26)14-4-2-13(3-5-14)16-6-1-12(7-27-16)9-29-17-11-35-10-15(17)20(32)19(22(29)34)21(33)28-8-18(30)31;3-2(4,5)1(6)7/h1-7,32H,8-11H2,(H,28,33)(H,30,31);(H,6,7). The number of pyridine rings is 2. The van der Waals surface area contributed by atoms with Gasteiger partial charge in [0.05, 0.1) is 17.8 Å². The molecule has 1 aliphatic heterocycles. The van der Waals surface area contributed by atoms with Gasteiger partial charge in [-0.25, -0.2) is 4.79 Å². The zero-order valence-corrected chi connectivity index (χ0v) is 21.7. The van der Waals surface area contributed by atoms with Gasteiger partial charge in [-0.1, -0.05) is 18.2 Å². The molecule has 4 N–H and O–H groups in total. The lowest BCUT2D eigenvalue weighted by Gasteiger charge is -2.16. The van der Waals surface area contributed by atoms with E-state index in [1.165, 1.54) is 34.7 Å². The van der Waals surface area contributed by atoms with Crippen molar-refractivity contribution in [2.45, 2.75) is 30.4 Å². The van der Waals surface area contributed by atoms with Crippen LogP contribution < -0.4 is 10.9 Å². The number of aromatic hydroxyl groups is 1. The van der Waals surface area contributed by atoms with Crippen molar-refractivity contribution in [1.82, 2.24) is 14.9 Å². The van der Waals surface area contributed by atoms with Crippen LogP contribution in [-0.4, -0.2) is 55.4 Å². The van der Waals surface area contributed by atoms with Crippen molar-refractivity contribution in [2.75, 3.05) is 6.54 Å². The number of hydrogen-bond acceptors (Lipinski definition) is 7. The molecule has 0 radical (unpaired) electrons. The molecular weight excluding hydrogens is 600 g/mol. The minimum atomic E-state index is -5.08. The van der Waals surface area contributed by atoms with Crippen LogP contribution in [0.4, 0.5) is 26.3 Å². The third-order valence-electron chi connectivity index (χ3n) is 5.68. The van der Waals surface area contributed by atoms with Crippen molar-refractivity contribution >= 4 is 29.6 Å². The number of thioether (sulfide) groups is 1. The molecule has 0 saturated carbocycles. The molecule has 0 atom stereocenters. The summed E-state index contributed by atoms with van der Waals surface area (Å²) in [5.74, 6) is -4.68. The fourth-order valence-electron chi connectivity index (χ4n) is 3.69. The maximum Gasteiger partial charge on any atom is 0.490 e. The van der Waals surface area contributed by atoms with Crippen molar-refractivity contribution in [3.8, 4) is 17.0 Å². The van der Waals surface area contributed by atoms with E-state index in [0.29, 0.717) is 39.6 Å². The molecule has 4 rings (SSSR count). The van der Waals surface area contributed by atoms with Gasteiger partial charge in [-0.15, -0.1) is 0 Å². The first-order valence-corrected chi connectivity index (χ1v) is 12.6. The number of hydrogen-bond donors (Lipinski definition) is 4. The predicted octanol–water partition coefficient (Wildman–Crippen LogP) is 3.88. The number of rotatable bonds is 6. The first-order chi connectivity index (χ1) is 19.5. The van der Waals surface area contributed by atoms with Crippen LogP contribution in [0.1, 0.15) is 32.7 Å². The first kappa shape index (κ1) is 32.0. The molecule has 2 aromatic heterocycles. The van der Waals surface area contributed by atoms with E-state index in [0.717, 1.165) is 12.1 Å². The monoisotopic (exact) mass is 619 g/mol. The number of carboxylic acid groups (broad SMARTS) is 2. The van der Waals surface area contributed by atoms with Gasteiger partial charge in [-0.2, -0.15) is 38.1 Å². The van der Waals surface area contributed by atoms with Crippen molar-refractivity contribution in [2.24, 2.45) is 0 Å². The van der Waals surface area contributed by atoms with E-state index in [9.17, 15) is 45.8 Å². The molecule has 1 aliphatic rings. The van der Waals surface area contributed by atoms with Gasteiger partial charge >= 0.3 is 24.3 Å². The van der Waals surface area contributed by atoms with Crippen LogP contribution in [0, 0.1) is 0 Å². The summed E-state index contributed by atoms with van der Waals surface area (Å²) in [6.07, 6.45) is -8.04. The normalized spacial score (nSPS) is 12.6. The molecule has 0 unspecified atom stereocenters. The van der Waals surface area contributed by atoms with Crippen molar-refractivity contribution < 1.29 is 56.0 Å². The molecule has 1 amide bonds. The maximum atomic E-state index is 13.1. The molecule has 0 bridgehead atoms. The number of aromatic nitrogens is 2. The summed E-state index contributed by atoms with van der Waals surface area (Å²) in [6, 6.07) is 7.86. The number of amides is 1. The number of benzene rings is 1. The molecule has 0 fully saturated rings. The number of halogens is 6. The van der Waals surface area contributed by atoms with E-state index in [2.05, 4.69) is 10.3 Å². The zero-order valence-electron chi connectivity index (χ0n) is 20.9. The highest BCUT2D eigenvalue weighted by Gasteiger charge is 2.38. The second kappa shape index (κ2) is 12.5. The predicted molar refractivity (Wildman–Crippen MR) is 135 cm³/mol. The average molecular weight is 619 g/mol. The van der Waals surface area contributed by atoms with Gasteiger partial charge in [0.1, 0.15) is 17.9 Å². The minimum Gasteiger partial charge on any atom is -0.507 e. The quantitative estimate of drug-likeness (QED) is 0.301. The van der Waals surface area contributed by atoms with Gasteiger partial charge < -0.3 is 25.2 Å². The summed E-state index contributed by atoms with van der Waals surface area (Å²) in [7, 11) is 0. The van der Waals surface area contributed by atoms with Gasteiger partial charge in [0.25, 0.3) is 11.5 Å². The third kappa shape index (κ3) is 7.59. The van der Waals surface area contributed by atoms with Crippen LogP contribution in [0.2, 0.25) is 0 Å². The number of carbonyl (C=O) groups is 3. The lowest BCUT2D eigenvalue weighted by molar-refractivity contribution is -0.192. The molecule has 17 heteroatoms. The van der Waals surface area contributed by atoms with Crippen LogP contribution >= 0.6 is 11.8 Å². The maximum absolute atomic E-state index is 13.1.